The fourth-order valence-electron chi connectivity index (χ4n) is 2.97. The predicted octanol–water partition coefficient (Wildman–Crippen LogP) is -3.41. The number of thiol groups is 1. The third kappa shape index (κ3) is 8.74. The number of aromatic amines is 2. The van der Waals surface area contributed by atoms with Crippen LogP contribution in [-0.2, 0) is 36.8 Å². The number of carboxylic acid groups (broad SMARTS) is 1. The van der Waals surface area contributed by atoms with Gasteiger partial charge in [-0.2, -0.15) is 12.6 Å². The van der Waals surface area contributed by atoms with E-state index in [9.17, 15) is 29.1 Å². The van der Waals surface area contributed by atoms with Gasteiger partial charge >= 0.3 is 5.97 Å². The molecule has 4 unspecified atom stereocenters. The number of primary amides is 1. The summed E-state index contributed by atoms with van der Waals surface area (Å²) in [6, 6.07) is -5.02. The third-order valence-electron chi connectivity index (χ3n) is 4.78. The first-order valence-electron chi connectivity index (χ1n) is 10.3. The van der Waals surface area contributed by atoms with Gasteiger partial charge in [-0.15, -0.1) is 0 Å². The Labute approximate surface area is 204 Å². The number of aliphatic carboxylic acids is 1. The van der Waals surface area contributed by atoms with Gasteiger partial charge in [0.05, 0.1) is 25.1 Å². The van der Waals surface area contributed by atoms with Gasteiger partial charge < -0.3 is 42.5 Å². The molecule has 0 saturated carbocycles. The van der Waals surface area contributed by atoms with E-state index in [-0.39, 0.29) is 18.6 Å². The van der Waals surface area contributed by atoms with Gasteiger partial charge in [-0.25, -0.2) is 14.8 Å². The summed E-state index contributed by atoms with van der Waals surface area (Å²) in [5, 5.41) is 16.7. The van der Waals surface area contributed by atoms with Crippen LogP contribution in [0.4, 0.5) is 0 Å². The van der Waals surface area contributed by atoms with Crippen LogP contribution in [0.3, 0.4) is 0 Å². The summed E-state index contributed by atoms with van der Waals surface area (Å²) in [6.45, 7) is 0. The number of carbonyl (C=O) groups excluding carboxylic acids is 4. The largest absolute Gasteiger partial charge is 0.480 e. The Kier molecular flexibility index (Phi) is 10.2. The summed E-state index contributed by atoms with van der Waals surface area (Å²) >= 11 is 4.08. The molecule has 0 aliphatic carbocycles. The van der Waals surface area contributed by atoms with Gasteiger partial charge in [-0.1, -0.05) is 0 Å². The summed E-state index contributed by atoms with van der Waals surface area (Å²) in [5.41, 5.74) is 11.7. The lowest BCUT2D eigenvalue weighted by molar-refractivity contribution is -0.142. The lowest BCUT2D eigenvalue weighted by Crippen LogP contribution is -2.58. The molecule has 10 N–H and O–H groups in total. The highest BCUT2D eigenvalue weighted by Gasteiger charge is 2.30. The SMILES string of the molecule is NC(=O)CC(N)C(=O)NC(Cc1cnc[nH]1)C(=O)NC(CS)C(=O)NC(Cc1cnc[nH]1)C(=O)O. The minimum absolute atomic E-state index is 0.0423. The van der Waals surface area contributed by atoms with E-state index in [4.69, 9.17) is 11.5 Å². The number of H-pyrrole nitrogens is 2. The first-order valence-corrected chi connectivity index (χ1v) is 11.0. The van der Waals surface area contributed by atoms with Crippen molar-refractivity contribution >= 4 is 42.2 Å². The highest BCUT2D eigenvalue weighted by Crippen LogP contribution is 2.04. The number of imidazole rings is 2. The summed E-state index contributed by atoms with van der Waals surface area (Å²) in [6.07, 6.45) is 5.07. The van der Waals surface area contributed by atoms with E-state index >= 15 is 0 Å². The second-order valence-electron chi connectivity index (χ2n) is 7.54. The number of aromatic nitrogens is 4. The zero-order valence-electron chi connectivity index (χ0n) is 18.4. The van der Waals surface area contributed by atoms with Gasteiger partial charge in [0.1, 0.15) is 18.1 Å². The van der Waals surface area contributed by atoms with Crippen LogP contribution in [0, 0.1) is 0 Å². The van der Waals surface area contributed by atoms with Crippen molar-refractivity contribution in [2.24, 2.45) is 11.5 Å². The van der Waals surface area contributed by atoms with Crippen LogP contribution in [0.25, 0.3) is 0 Å². The molecular weight excluding hydrogens is 482 g/mol. The van der Waals surface area contributed by atoms with Crippen LogP contribution in [0.1, 0.15) is 17.8 Å². The maximum absolute atomic E-state index is 13.0. The average molecular weight is 510 g/mol. The third-order valence-corrected chi connectivity index (χ3v) is 5.14. The van der Waals surface area contributed by atoms with E-state index in [2.05, 4.69) is 48.5 Å². The number of nitrogens with zero attached hydrogens (tertiary/aromatic N) is 2. The van der Waals surface area contributed by atoms with Crippen LogP contribution in [0.2, 0.25) is 0 Å². The summed E-state index contributed by atoms with van der Waals surface area (Å²) < 4.78 is 0. The van der Waals surface area contributed by atoms with E-state index in [1.807, 2.05) is 0 Å². The Morgan fingerprint density at radius 2 is 1.37 bits per heavy atom. The molecule has 0 saturated heterocycles. The van der Waals surface area contributed by atoms with E-state index in [1.165, 1.54) is 25.0 Å². The van der Waals surface area contributed by atoms with Crippen LogP contribution < -0.4 is 27.4 Å². The quantitative estimate of drug-likeness (QED) is 0.115. The molecule has 0 fully saturated rings. The standard InChI is InChI=1S/C19H27N9O6S/c20-11(3-15(21)29)16(30)26-12(1-9-4-22-7-24-9)17(31)28-14(6-35)18(32)27-13(19(33)34)2-10-5-23-8-25-10/h4-5,7-8,11-14,35H,1-3,6,20H2,(H2,21,29)(H,22,24)(H,23,25)(H,26,30)(H,27,32)(H,28,31)(H,33,34). The lowest BCUT2D eigenvalue weighted by atomic mass is 10.1. The Balaban J connectivity index is 2.09. The van der Waals surface area contributed by atoms with Crippen molar-refractivity contribution in [3.63, 3.8) is 0 Å². The number of carboxylic acids is 1. The van der Waals surface area contributed by atoms with Crippen molar-refractivity contribution in [2.75, 3.05) is 5.75 Å². The topological polar surface area (TPSA) is 251 Å². The number of nitrogens with two attached hydrogens (primary N) is 2. The molecule has 0 spiro atoms. The molecule has 2 aromatic rings. The van der Waals surface area contributed by atoms with E-state index in [0.717, 1.165) is 0 Å². The van der Waals surface area contributed by atoms with E-state index in [0.29, 0.717) is 11.4 Å². The molecule has 2 aromatic heterocycles. The fourth-order valence-corrected chi connectivity index (χ4v) is 3.23. The Morgan fingerprint density at radius 3 is 1.83 bits per heavy atom. The van der Waals surface area contributed by atoms with Crippen molar-refractivity contribution in [1.82, 2.24) is 35.9 Å². The monoisotopic (exact) mass is 509 g/mol. The molecule has 15 nitrogen and oxygen atoms in total. The number of carbonyl (C=O) groups is 5. The summed E-state index contributed by atoms with van der Waals surface area (Å²) in [7, 11) is 0. The molecule has 190 valence electrons. The van der Waals surface area contributed by atoms with Crippen LogP contribution in [0.5, 0.6) is 0 Å². The molecule has 4 amide bonds. The van der Waals surface area contributed by atoms with Crippen molar-refractivity contribution in [3.8, 4) is 0 Å². The van der Waals surface area contributed by atoms with Crippen LogP contribution in [0.15, 0.2) is 25.0 Å². The molecule has 0 aliphatic rings. The molecule has 2 heterocycles. The van der Waals surface area contributed by atoms with Gasteiger partial charge in [-0.3, -0.25) is 19.2 Å². The van der Waals surface area contributed by atoms with E-state index in [1.54, 1.807) is 0 Å². The molecule has 4 atom stereocenters. The maximum Gasteiger partial charge on any atom is 0.326 e. The zero-order valence-corrected chi connectivity index (χ0v) is 19.3. The van der Waals surface area contributed by atoms with Gasteiger partial charge in [0, 0.05) is 42.4 Å². The highest BCUT2D eigenvalue weighted by atomic mass is 32.1. The molecule has 0 radical (unpaired) electrons. The number of hydrogen-bond donors (Lipinski definition) is 9. The summed E-state index contributed by atoms with van der Waals surface area (Å²) in [4.78, 5) is 73.9. The van der Waals surface area contributed by atoms with Gasteiger partial charge in [0.15, 0.2) is 0 Å². The van der Waals surface area contributed by atoms with Gasteiger partial charge in [0.25, 0.3) is 0 Å². The minimum atomic E-state index is -1.30. The fraction of sp³-hybridized carbons (Fsp3) is 0.421. The van der Waals surface area contributed by atoms with Crippen LogP contribution >= 0.6 is 12.6 Å². The second kappa shape index (κ2) is 13.1. The molecule has 16 heteroatoms. The van der Waals surface area contributed by atoms with Gasteiger partial charge in [-0.05, 0) is 0 Å². The van der Waals surface area contributed by atoms with Crippen LogP contribution in [-0.4, -0.2) is 84.6 Å². The van der Waals surface area contributed by atoms with E-state index < -0.39 is 60.2 Å². The van der Waals surface area contributed by atoms with Gasteiger partial charge in [0.2, 0.25) is 23.6 Å². The predicted molar refractivity (Wildman–Crippen MR) is 124 cm³/mol. The average Bonchev–Trinajstić information content (AvgIpc) is 3.50. The molecule has 35 heavy (non-hydrogen) atoms. The molecule has 0 aliphatic heterocycles. The van der Waals surface area contributed by atoms with Crippen molar-refractivity contribution in [1.29, 1.82) is 0 Å². The molecule has 2 rings (SSSR count). The minimum Gasteiger partial charge on any atom is -0.480 e. The zero-order chi connectivity index (χ0) is 26.0. The maximum atomic E-state index is 13.0. The van der Waals surface area contributed by atoms with Crippen molar-refractivity contribution in [2.45, 2.75) is 43.4 Å². The number of rotatable bonds is 14. The summed E-state index contributed by atoms with van der Waals surface area (Å²) in [5.74, 6) is -4.62. The smallest absolute Gasteiger partial charge is 0.326 e. The highest BCUT2D eigenvalue weighted by molar-refractivity contribution is 7.80. The molecule has 0 bridgehead atoms. The molecular formula is C19H27N9O6S. The molecule has 0 aromatic carbocycles. The number of nitrogens with one attached hydrogen (secondary N) is 5. The Hall–Kier alpha value is -3.92. The van der Waals surface area contributed by atoms with Crippen molar-refractivity contribution < 1.29 is 29.1 Å². The first kappa shape index (κ1) is 27.3. The lowest BCUT2D eigenvalue weighted by Gasteiger charge is -2.24. The first-order chi connectivity index (χ1) is 16.6. The Bertz CT molecular complexity index is 1010. The Morgan fingerprint density at radius 1 is 0.886 bits per heavy atom. The number of hydrogen-bond acceptors (Lipinski definition) is 9. The number of amides is 4. The second-order valence-corrected chi connectivity index (χ2v) is 7.91. The normalized spacial score (nSPS) is 14.2. The van der Waals surface area contributed by atoms with Crippen molar-refractivity contribution in [3.05, 3.63) is 36.4 Å².